The van der Waals surface area contributed by atoms with Crippen molar-refractivity contribution >= 4 is 48.5 Å². The van der Waals surface area contributed by atoms with Crippen LogP contribution in [0.1, 0.15) is 27.9 Å². The van der Waals surface area contributed by atoms with Crippen molar-refractivity contribution in [3.05, 3.63) is 57.6 Å². The molecule has 0 aliphatic carbocycles. The van der Waals surface area contributed by atoms with Crippen LogP contribution in [0.2, 0.25) is 0 Å². The molecule has 30 heavy (non-hydrogen) atoms. The van der Waals surface area contributed by atoms with Gasteiger partial charge in [0.05, 0.1) is 23.4 Å². The number of fused-ring (bicyclic) bond motifs is 1. The third-order valence-corrected chi connectivity index (χ3v) is 6.78. The van der Waals surface area contributed by atoms with Gasteiger partial charge in [-0.2, -0.15) is 0 Å². The van der Waals surface area contributed by atoms with Crippen molar-refractivity contribution in [1.82, 2.24) is 9.88 Å². The van der Waals surface area contributed by atoms with Gasteiger partial charge in [-0.15, -0.1) is 0 Å². The summed E-state index contributed by atoms with van der Waals surface area (Å²) in [6.07, 6.45) is 0.899. The average Bonchev–Trinajstić information content (AvgIpc) is 3.13. The molecule has 5 nitrogen and oxygen atoms in total. The van der Waals surface area contributed by atoms with Crippen LogP contribution in [0.4, 0.5) is 5.13 Å². The van der Waals surface area contributed by atoms with Gasteiger partial charge in [0.1, 0.15) is 0 Å². The lowest BCUT2D eigenvalue weighted by Gasteiger charge is -2.27. The normalized spacial score (nSPS) is 14.9. The summed E-state index contributed by atoms with van der Waals surface area (Å²) in [5.41, 5.74) is 3.84. The Kier molecular flexibility index (Phi) is 6.83. The number of nitrogens with zero attached hydrogens (tertiary/aromatic N) is 3. The lowest BCUT2D eigenvalue weighted by Crippen LogP contribution is -2.39. The molecule has 1 aliphatic heterocycles. The van der Waals surface area contributed by atoms with E-state index in [1.807, 2.05) is 43.0 Å². The summed E-state index contributed by atoms with van der Waals surface area (Å²) >= 11 is 5.10. The van der Waals surface area contributed by atoms with Gasteiger partial charge in [0.15, 0.2) is 5.13 Å². The molecule has 0 N–H and O–H groups in total. The maximum atomic E-state index is 13.5. The molecule has 3 aromatic rings. The van der Waals surface area contributed by atoms with Crippen LogP contribution in [-0.4, -0.2) is 55.2 Å². The number of rotatable bonds is 6. The number of amides is 1. The number of hydrogen-bond donors (Lipinski definition) is 0. The molecule has 158 valence electrons. The van der Waals surface area contributed by atoms with E-state index in [0.717, 1.165) is 75.8 Å². The van der Waals surface area contributed by atoms with Crippen LogP contribution in [0.15, 0.2) is 40.9 Å². The maximum Gasteiger partial charge on any atom is 0.260 e. The number of carbonyl (C=O) groups excluding carboxylic acids is 1. The minimum Gasteiger partial charge on any atom is -0.379 e. The number of anilines is 1. The minimum absolute atomic E-state index is 0.0156. The molecule has 1 saturated heterocycles. The number of benzene rings is 2. The minimum atomic E-state index is 0.0156. The summed E-state index contributed by atoms with van der Waals surface area (Å²) in [6.45, 7) is 9.15. The van der Waals surface area contributed by atoms with Crippen LogP contribution < -0.4 is 4.90 Å². The largest absolute Gasteiger partial charge is 0.379 e. The van der Waals surface area contributed by atoms with E-state index >= 15 is 0 Å². The van der Waals surface area contributed by atoms with Gasteiger partial charge in [0.25, 0.3) is 5.91 Å². The number of morpholine rings is 1. The first-order valence-corrected chi connectivity index (χ1v) is 11.9. The summed E-state index contributed by atoms with van der Waals surface area (Å²) < 4.78 is 7.53. The molecule has 0 unspecified atom stereocenters. The molecule has 0 radical (unpaired) electrons. The second-order valence-electron chi connectivity index (χ2n) is 7.75. The quantitative estimate of drug-likeness (QED) is 0.488. The molecule has 4 rings (SSSR count). The topological polar surface area (TPSA) is 45.7 Å². The number of aryl methyl sites for hydroxylation is 2. The lowest BCUT2D eigenvalue weighted by atomic mass is 10.1. The summed E-state index contributed by atoms with van der Waals surface area (Å²) in [6, 6.07) is 12.1. The van der Waals surface area contributed by atoms with Gasteiger partial charge in [0.2, 0.25) is 0 Å². The van der Waals surface area contributed by atoms with Crippen molar-refractivity contribution in [2.75, 3.05) is 44.3 Å². The highest BCUT2D eigenvalue weighted by Crippen LogP contribution is 2.32. The van der Waals surface area contributed by atoms with Crippen LogP contribution in [0, 0.1) is 13.8 Å². The second-order valence-corrected chi connectivity index (χ2v) is 9.67. The Morgan fingerprint density at radius 1 is 1.17 bits per heavy atom. The maximum absolute atomic E-state index is 13.5. The Balaban J connectivity index is 1.59. The fourth-order valence-electron chi connectivity index (χ4n) is 3.82. The van der Waals surface area contributed by atoms with E-state index in [2.05, 4.69) is 33.0 Å². The van der Waals surface area contributed by atoms with E-state index in [1.54, 1.807) is 11.3 Å². The Hall–Kier alpha value is -1.80. The average molecular weight is 488 g/mol. The molecule has 0 saturated carbocycles. The van der Waals surface area contributed by atoms with E-state index in [9.17, 15) is 4.79 Å². The van der Waals surface area contributed by atoms with E-state index in [4.69, 9.17) is 9.72 Å². The van der Waals surface area contributed by atoms with E-state index < -0.39 is 0 Å². The number of carbonyl (C=O) groups is 1. The fraction of sp³-hybridized carbons (Fsp3) is 0.391. The summed E-state index contributed by atoms with van der Waals surface area (Å²) in [7, 11) is 0. The highest BCUT2D eigenvalue weighted by molar-refractivity contribution is 9.10. The number of hydrogen-bond acceptors (Lipinski definition) is 5. The number of thiazole rings is 1. The Morgan fingerprint density at radius 3 is 2.63 bits per heavy atom. The third kappa shape index (κ3) is 5.09. The van der Waals surface area contributed by atoms with Crippen LogP contribution in [0.3, 0.4) is 0 Å². The molecular formula is C23H26BrN3O2S. The highest BCUT2D eigenvalue weighted by Gasteiger charge is 2.22. The predicted octanol–water partition coefficient (Wildman–Crippen LogP) is 5.04. The van der Waals surface area contributed by atoms with Crippen LogP contribution in [0.25, 0.3) is 10.2 Å². The number of aromatic nitrogens is 1. The zero-order chi connectivity index (χ0) is 21.1. The van der Waals surface area contributed by atoms with E-state index in [1.165, 1.54) is 0 Å². The Bertz CT molecular complexity index is 1030. The van der Waals surface area contributed by atoms with E-state index in [0.29, 0.717) is 6.54 Å². The smallest absolute Gasteiger partial charge is 0.260 e. The first-order chi connectivity index (χ1) is 14.5. The van der Waals surface area contributed by atoms with Gasteiger partial charge in [-0.3, -0.25) is 14.6 Å². The molecule has 0 spiro atoms. The third-order valence-electron chi connectivity index (χ3n) is 5.24. The van der Waals surface area contributed by atoms with Crippen LogP contribution >= 0.6 is 27.3 Å². The van der Waals surface area contributed by atoms with Gasteiger partial charge in [-0.1, -0.05) is 44.5 Å². The molecule has 0 atom stereocenters. The Morgan fingerprint density at radius 2 is 1.90 bits per heavy atom. The SMILES string of the molecule is Cc1cc(C)cc(C(=O)N(CCCN2CCOCC2)c2nc3ccc(Br)cc3s2)c1. The van der Waals surface area contributed by atoms with Crippen molar-refractivity contribution in [2.24, 2.45) is 0 Å². The van der Waals surface area contributed by atoms with Crippen molar-refractivity contribution in [1.29, 1.82) is 0 Å². The number of ether oxygens (including phenoxy) is 1. The van der Waals surface area contributed by atoms with Gasteiger partial charge in [0, 0.05) is 36.2 Å². The van der Waals surface area contributed by atoms with Crippen molar-refractivity contribution in [2.45, 2.75) is 20.3 Å². The lowest BCUT2D eigenvalue weighted by molar-refractivity contribution is 0.0376. The Labute approximate surface area is 189 Å². The highest BCUT2D eigenvalue weighted by atomic mass is 79.9. The molecule has 7 heteroatoms. The monoisotopic (exact) mass is 487 g/mol. The van der Waals surface area contributed by atoms with Crippen molar-refractivity contribution in [3.8, 4) is 0 Å². The van der Waals surface area contributed by atoms with Gasteiger partial charge < -0.3 is 4.74 Å². The number of halogens is 1. The second kappa shape index (κ2) is 9.56. The summed E-state index contributed by atoms with van der Waals surface area (Å²) in [5, 5.41) is 0.759. The zero-order valence-electron chi connectivity index (χ0n) is 17.4. The van der Waals surface area contributed by atoms with Gasteiger partial charge >= 0.3 is 0 Å². The zero-order valence-corrected chi connectivity index (χ0v) is 19.8. The predicted molar refractivity (Wildman–Crippen MR) is 127 cm³/mol. The molecular weight excluding hydrogens is 462 g/mol. The first-order valence-electron chi connectivity index (χ1n) is 10.3. The van der Waals surface area contributed by atoms with Gasteiger partial charge in [-0.25, -0.2) is 4.98 Å². The molecule has 0 bridgehead atoms. The van der Waals surface area contributed by atoms with Gasteiger partial charge in [-0.05, 0) is 50.6 Å². The fourth-order valence-corrected chi connectivity index (χ4v) is 5.36. The van der Waals surface area contributed by atoms with Crippen LogP contribution in [-0.2, 0) is 4.74 Å². The summed E-state index contributed by atoms with van der Waals surface area (Å²) in [5.74, 6) is 0.0156. The molecule has 1 aliphatic rings. The first kappa shape index (κ1) is 21.4. The molecule has 2 heterocycles. The molecule has 1 amide bonds. The molecule has 1 aromatic heterocycles. The van der Waals surface area contributed by atoms with Crippen molar-refractivity contribution < 1.29 is 9.53 Å². The van der Waals surface area contributed by atoms with Crippen LogP contribution in [0.5, 0.6) is 0 Å². The van der Waals surface area contributed by atoms with Crippen molar-refractivity contribution in [3.63, 3.8) is 0 Å². The molecule has 2 aromatic carbocycles. The summed E-state index contributed by atoms with van der Waals surface area (Å²) in [4.78, 5) is 22.6. The standard InChI is InChI=1S/C23H26BrN3O2S/c1-16-12-17(2)14-18(13-16)22(28)27(7-3-6-26-8-10-29-11-9-26)23-25-20-5-4-19(24)15-21(20)30-23/h4-5,12-15H,3,6-11H2,1-2H3. The van der Waals surface area contributed by atoms with E-state index in [-0.39, 0.29) is 5.91 Å². The molecule has 1 fully saturated rings.